The zero-order valence-electron chi connectivity index (χ0n) is 7.04. The van der Waals surface area contributed by atoms with Gasteiger partial charge in [0.2, 0.25) is 5.88 Å². The Bertz CT molecular complexity index is 230. The van der Waals surface area contributed by atoms with Crippen molar-refractivity contribution in [2.75, 3.05) is 0 Å². The van der Waals surface area contributed by atoms with E-state index in [9.17, 15) is 5.11 Å². The monoisotopic (exact) mass is 154 g/mol. The second-order valence-corrected chi connectivity index (χ2v) is 2.56. The summed E-state index contributed by atoms with van der Waals surface area (Å²) in [5.74, 6) is 0.274. The van der Waals surface area contributed by atoms with Crippen LogP contribution in [0.1, 0.15) is 26.0 Å². The Kier molecular flexibility index (Phi) is 2.52. The fraction of sp³-hybridized carbons (Fsp3) is 0.625. The summed E-state index contributed by atoms with van der Waals surface area (Å²) in [6, 6.07) is 1.73. The Morgan fingerprint density at radius 1 is 1.55 bits per heavy atom. The molecule has 1 aromatic heterocycles. The van der Waals surface area contributed by atoms with E-state index in [-0.39, 0.29) is 5.88 Å². The summed E-state index contributed by atoms with van der Waals surface area (Å²) in [6.07, 6.45) is 2.01. The van der Waals surface area contributed by atoms with Crippen LogP contribution in [0.4, 0.5) is 0 Å². The van der Waals surface area contributed by atoms with Crippen molar-refractivity contribution in [1.29, 1.82) is 0 Å². The van der Waals surface area contributed by atoms with Gasteiger partial charge in [-0.2, -0.15) is 5.10 Å². The maximum absolute atomic E-state index is 9.26. The fourth-order valence-electron chi connectivity index (χ4n) is 1.07. The van der Waals surface area contributed by atoms with E-state index < -0.39 is 0 Å². The van der Waals surface area contributed by atoms with E-state index in [1.54, 1.807) is 10.7 Å². The lowest BCUT2D eigenvalue weighted by atomic mass is 10.3. The summed E-state index contributed by atoms with van der Waals surface area (Å²) >= 11 is 0. The Morgan fingerprint density at radius 2 is 2.27 bits per heavy atom. The maximum atomic E-state index is 9.26. The summed E-state index contributed by atoms with van der Waals surface area (Å²) in [7, 11) is 0. The van der Waals surface area contributed by atoms with E-state index in [2.05, 4.69) is 12.0 Å². The minimum atomic E-state index is 0.274. The van der Waals surface area contributed by atoms with Crippen LogP contribution in [0, 0.1) is 0 Å². The summed E-state index contributed by atoms with van der Waals surface area (Å²) in [6.45, 7) is 4.79. The summed E-state index contributed by atoms with van der Waals surface area (Å²) in [4.78, 5) is 0. The number of nitrogens with zero attached hydrogens (tertiary/aromatic N) is 2. The Morgan fingerprint density at radius 3 is 2.73 bits per heavy atom. The van der Waals surface area contributed by atoms with E-state index in [0.29, 0.717) is 0 Å². The van der Waals surface area contributed by atoms with Gasteiger partial charge in [0.1, 0.15) is 0 Å². The van der Waals surface area contributed by atoms with Crippen LogP contribution in [0.25, 0.3) is 0 Å². The largest absolute Gasteiger partial charge is 0.493 e. The van der Waals surface area contributed by atoms with Crippen molar-refractivity contribution in [3.8, 4) is 5.88 Å². The molecule has 0 spiro atoms. The highest BCUT2D eigenvalue weighted by Gasteiger charge is 2.02. The SMILES string of the molecule is CCCc1cc(O)n(CC)n1. The molecule has 0 aliphatic rings. The molecule has 1 aromatic rings. The van der Waals surface area contributed by atoms with E-state index in [4.69, 9.17) is 0 Å². The maximum Gasteiger partial charge on any atom is 0.209 e. The molecule has 0 saturated heterocycles. The van der Waals surface area contributed by atoms with Crippen molar-refractivity contribution in [3.05, 3.63) is 11.8 Å². The molecule has 0 unspecified atom stereocenters. The van der Waals surface area contributed by atoms with Crippen LogP contribution in [0.2, 0.25) is 0 Å². The van der Waals surface area contributed by atoms with Crippen molar-refractivity contribution in [3.63, 3.8) is 0 Å². The normalized spacial score (nSPS) is 10.4. The van der Waals surface area contributed by atoms with Crippen LogP contribution in [-0.4, -0.2) is 14.9 Å². The van der Waals surface area contributed by atoms with E-state index in [1.807, 2.05) is 6.92 Å². The number of aromatic nitrogens is 2. The van der Waals surface area contributed by atoms with Gasteiger partial charge in [-0.1, -0.05) is 13.3 Å². The third-order valence-corrected chi connectivity index (χ3v) is 1.61. The van der Waals surface area contributed by atoms with Gasteiger partial charge in [0.05, 0.1) is 5.69 Å². The lowest BCUT2D eigenvalue weighted by Crippen LogP contribution is -1.96. The zero-order chi connectivity index (χ0) is 8.27. The second-order valence-electron chi connectivity index (χ2n) is 2.56. The molecule has 0 aromatic carbocycles. The van der Waals surface area contributed by atoms with Crippen molar-refractivity contribution < 1.29 is 5.11 Å². The quantitative estimate of drug-likeness (QED) is 0.717. The molecule has 0 saturated carbocycles. The first kappa shape index (κ1) is 8.11. The molecular weight excluding hydrogens is 140 g/mol. The molecule has 0 aliphatic carbocycles. The summed E-state index contributed by atoms with van der Waals surface area (Å²) in [5.41, 5.74) is 0.979. The molecular formula is C8H14N2O. The topological polar surface area (TPSA) is 38.0 Å². The van der Waals surface area contributed by atoms with Crippen molar-refractivity contribution >= 4 is 0 Å². The molecule has 0 atom stereocenters. The average Bonchev–Trinajstić information content (AvgIpc) is 2.32. The number of rotatable bonds is 3. The molecule has 1 heterocycles. The third kappa shape index (κ3) is 1.73. The second kappa shape index (κ2) is 3.42. The van der Waals surface area contributed by atoms with Gasteiger partial charge in [-0.15, -0.1) is 0 Å². The lowest BCUT2D eigenvalue weighted by molar-refractivity contribution is 0.404. The van der Waals surface area contributed by atoms with Crippen molar-refractivity contribution in [1.82, 2.24) is 9.78 Å². The first-order valence-corrected chi connectivity index (χ1v) is 4.03. The standard InChI is InChI=1S/C8H14N2O/c1-3-5-7-6-8(11)10(4-2)9-7/h6,11H,3-5H2,1-2H3. The van der Waals surface area contributed by atoms with Crippen molar-refractivity contribution in [2.24, 2.45) is 0 Å². The van der Waals surface area contributed by atoms with Crippen LogP contribution in [0.15, 0.2) is 6.07 Å². The molecule has 0 amide bonds. The highest BCUT2D eigenvalue weighted by atomic mass is 16.3. The average molecular weight is 154 g/mol. The van der Waals surface area contributed by atoms with Crippen molar-refractivity contribution in [2.45, 2.75) is 33.2 Å². The van der Waals surface area contributed by atoms with E-state index in [1.165, 1.54) is 0 Å². The van der Waals surface area contributed by atoms with Crippen LogP contribution in [-0.2, 0) is 13.0 Å². The first-order valence-electron chi connectivity index (χ1n) is 4.03. The van der Waals surface area contributed by atoms with Crippen LogP contribution in [0.3, 0.4) is 0 Å². The highest BCUT2D eigenvalue weighted by Crippen LogP contribution is 2.11. The van der Waals surface area contributed by atoms with Gasteiger partial charge in [-0.3, -0.25) is 0 Å². The molecule has 3 nitrogen and oxygen atoms in total. The molecule has 1 N–H and O–H groups in total. The number of aromatic hydroxyl groups is 1. The smallest absolute Gasteiger partial charge is 0.209 e. The lowest BCUT2D eigenvalue weighted by Gasteiger charge is -1.94. The number of hydrogen-bond donors (Lipinski definition) is 1. The van der Waals surface area contributed by atoms with E-state index >= 15 is 0 Å². The summed E-state index contributed by atoms with van der Waals surface area (Å²) in [5, 5.41) is 13.4. The molecule has 62 valence electrons. The first-order chi connectivity index (χ1) is 5.27. The van der Waals surface area contributed by atoms with Gasteiger partial charge in [0.15, 0.2) is 0 Å². The number of hydrogen-bond acceptors (Lipinski definition) is 2. The molecule has 1 rings (SSSR count). The predicted molar refractivity (Wildman–Crippen MR) is 43.6 cm³/mol. The van der Waals surface area contributed by atoms with Crippen LogP contribution < -0.4 is 0 Å². The molecule has 11 heavy (non-hydrogen) atoms. The van der Waals surface area contributed by atoms with Gasteiger partial charge in [-0.05, 0) is 13.3 Å². The van der Waals surface area contributed by atoms with Gasteiger partial charge in [0, 0.05) is 12.6 Å². The van der Waals surface area contributed by atoms with Gasteiger partial charge < -0.3 is 5.11 Å². The Balaban J connectivity index is 2.77. The van der Waals surface area contributed by atoms with Gasteiger partial charge in [-0.25, -0.2) is 4.68 Å². The van der Waals surface area contributed by atoms with Crippen LogP contribution >= 0.6 is 0 Å². The van der Waals surface area contributed by atoms with Gasteiger partial charge >= 0.3 is 0 Å². The molecule has 0 radical (unpaired) electrons. The Labute approximate surface area is 66.7 Å². The minimum absolute atomic E-state index is 0.274. The zero-order valence-corrected chi connectivity index (χ0v) is 7.04. The molecule has 0 bridgehead atoms. The number of aryl methyl sites for hydroxylation is 2. The predicted octanol–water partition coefficient (Wildman–Crippen LogP) is 1.56. The molecule has 0 fully saturated rings. The Hall–Kier alpha value is -0.990. The highest BCUT2D eigenvalue weighted by molar-refractivity contribution is 5.14. The van der Waals surface area contributed by atoms with E-state index in [0.717, 1.165) is 25.1 Å². The molecule has 0 aliphatic heterocycles. The fourth-order valence-corrected chi connectivity index (χ4v) is 1.07. The minimum Gasteiger partial charge on any atom is -0.493 e. The van der Waals surface area contributed by atoms with Crippen LogP contribution in [0.5, 0.6) is 5.88 Å². The molecule has 3 heteroatoms. The third-order valence-electron chi connectivity index (χ3n) is 1.61. The summed E-state index contributed by atoms with van der Waals surface area (Å²) < 4.78 is 1.60. The van der Waals surface area contributed by atoms with Gasteiger partial charge in [0.25, 0.3) is 0 Å².